The molecular weight excluding hydrogens is 393 g/mol. The lowest BCUT2D eigenvalue weighted by Crippen LogP contribution is -2.43. The van der Waals surface area contributed by atoms with Gasteiger partial charge in [0.05, 0.1) is 18.1 Å². The molecule has 156 valence electrons. The van der Waals surface area contributed by atoms with Gasteiger partial charge in [0.2, 0.25) is 0 Å². The normalized spacial score (nSPS) is 13.3. The standard InChI is InChI=1S/C16H24N3O8P/c1-5-25-15(20)11(3)17-28(24,18-12(4)16(21)26-6-2)27-14-9-7-13(8-10-14)19(22)23/h7-12H,5-6H2,1-4H3,(H2,17,18,24)/t11-,12-/m0/s1. The van der Waals surface area contributed by atoms with E-state index >= 15 is 0 Å². The molecule has 0 heterocycles. The zero-order valence-electron chi connectivity index (χ0n) is 16.0. The number of nitrogens with one attached hydrogen (secondary N) is 2. The van der Waals surface area contributed by atoms with E-state index in [2.05, 4.69) is 10.2 Å². The highest BCUT2D eigenvalue weighted by molar-refractivity contribution is 7.55. The van der Waals surface area contributed by atoms with Gasteiger partial charge in [-0.2, -0.15) is 0 Å². The summed E-state index contributed by atoms with van der Waals surface area (Å²) in [7, 11) is -4.02. The number of esters is 2. The summed E-state index contributed by atoms with van der Waals surface area (Å²) in [6.07, 6.45) is 0. The molecule has 1 rings (SSSR count). The van der Waals surface area contributed by atoms with Gasteiger partial charge in [0, 0.05) is 12.1 Å². The van der Waals surface area contributed by atoms with Crippen molar-refractivity contribution in [3.8, 4) is 5.75 Å². The highest BCUT2D eigenvalue weighted by atomic mass is 31.2. The Bertz CT molecular complexity index is 710. The maximum Gasteiger partial charge on any atom is 0.391 e. The van der Waals surface area contributed by atoms with Crippen LogP contribution in [0.5, 0.6) is 5.75 Å². The summed E-state index contributed by atoms with van der Waals surface area (Å²) in [5.41, 5.74) is -0.178. The Hall–Kier alpha value is -2.49. The van der Waals surface area contributed by atoms with Crippen LogP contribution in [0.2, 0.25) is 0 Å². The van der Waals surface area contributed by atoms with Crippen molar-refractivity contribution in [2.24, 2.45) is 0 Å². The molecule has 0 aliphatic carbocycles. The van der Waals surface area contributed by atoms with Crippen molar-refractivity contribution in [3.05, 3.63) is 34.4 Å². The van der Waals surface area contributed by atoms with E-state index in [0.717, 1.165) is 0 Å². The second-order valence-corrected chi connectivity index (χ2v) is 7.40. The number of hydrogen-bond donors (Lipinski definition) is 2. The fraction of sp³-hybridized carbons (Fsp3) is 0.500. The minimum absolute atomic E-state index is 0.0288. The summed E-state index contributed by atoms with van der Waals surface area (Å²) in [6.45, 7) is 6.34. The van der Waals surface area contributed by atoms with Gasteiger partial charge in [0.25, 0.3) is 5.69 Å². The SMILES string of the molecule is CCOC(=O)[C@H](C)NP(=O)(N[C@@H](C)C(=O)OCC)Oc1ccc([N+](=O)[O-])cc1. The Kier molecular flexibility index (Phi) is 9.04. The topological polar surface area (TPSA) is 146 Å². The third kappa shape index (κ3) is 7.26. The molecule has 0 unspecified atom stereocenters. The van der Waals surface area contributed by atoms with Crippen molar-refractivity contribution < 1.29 is 33.1 Å². The average Bonchev–Trinajstić information content (AvgIpc) is 2.62. The van der Waals surface area contributed by atoms with Crippen LogP contribution in [0, 0.1) is 10.1 Å². The predicted octanol–water partition coefficient (Wildman–Crippen LogP) is 2.16. The third-order valence-corrected chi connectivity index (χ3v) is 5.21. The van der Waals surface area contributed by atoms with Crippen LogP contribution < -0.4 is 14.7 Å². The monoisotopic (exact) mass is 417 g/mol. The van der Waals surface area contributed by atoms with Crippen LogP contribution in [-0.4, -0.2) is 42.2 Å². The van der Waals surface area contributed by atoms with Gasteiger partial charge >= 0.3 is 19.6 Å². The Labute approximate surface area is 162 Å². The van der Waals surface area contributed by atoms with Gasteiger partial charge in [-0.05, 0) is 39.8 Å². The Morgan fingerprint density at radius 1 is 1.04 bits per heavy atom. The first-order valence-electron chi connectivity index (χ1n) is 8.54. The first-order chi connectivity index (χ1) is 13.1. The van der Waals surface area contributed by atoms with E-state index < -0.39 is 36.6 Å². The van der Waals surface area contributed by atoms with Gasteiger partial charge in [-0.25, -0.2) is 14.7 Å². The summed E-state index contributed by atoms with van der Waals surface area (Å²) in [5, 5.41) is 15.7. The van der Waals surface area contributed by atoms with Crippen LogP contribution in [0.4, 0.5) is 5.69 Å². The van der Waals surface area contributed by atoms with Crippen molar-refractivity contribution in [3.63, 3.8) is 0 Å². The molecule has 1 aromatic rings. The van der Waals surface area contributed by atoms with E-state index in [1.54, 1.807) is 13.8 Å². The molecular formula is C16H24N3O8P. The van der Waals surface area contributed by atoms with Gasteiger partial charge in [-0.1, -0.05) is 0 Å². The first-order valence-corrected chi connectivity index (χ1v) is 10.2. The summed E-state index contributed by atoms with van der Waals surface area (Å²) in [5.74, 6) is -1.30. The van der Waals surface area contributed by atoms with Crippen LogP contribution in [0.3, 0.4) is 0 Å². The molecule has 12 heteroatoms. The van der Waals surface area contributed by atoms with E-state index in [0.29, 0.717) is 0 Å². The number of nitro groups is 1. The molecule has 1 aromatic carbocycles. The molecule has 0 bridgehead atoms. The van der Waals surface area contributed by atoms with Gasteiger partial charge in [-0.15, -0.1) is 0 Å². The summed E-state index contributed by atoms with van der Waals surface area (Å²) in [6, 6.07) is 2.79. The summed E-state index contributed by atoms with van der Waals surface area (Å²) < 4.78 is 28.4. The molecule has 0 aliphatic heterocycles. The summed E-state index contributed by atoms with van der Waals surface area (Å²) >= 11 is 0. The van der Waals surface area contributed by atoms with Crippen LogP contribution in [-0.2, 0) is 23.6 Å². The highest BCUT2D eigenvalue weighted by Crippen LogP contribution is 2.40. The summed E-state index contributed by atoms with van der Waals surface area (Å²) in [4.78, 5) is 33.9. The third-order valence-electron chi connectivity index (χ3n) is 3.29. The van der Waals surface area contributed by atoms with Crippen molar-refractivity contribution >= 4 is 25.3 Å². The minimum atomic E-state index is -4.02. The molecule has 2 N–H and O–H groups in total. The predicted molar refractivity (Wildman–Crippen MR) is 99.8 cm³/mol. The molecule has 2 atom stereocenters. The fourth-order valence-electron chi connectivity index (χ4n) is 2.02. The molecule has 0 radical (unpaired) electrons. The van der Waals surface area contributed by atoms with E-state index in [1.165, 1.54) is 38.1 Å². The lowest BCUT2D eigenvalue weighted by Gasteiger charge is -2.26. The van der Waals surface area contributed by atoms with Crippen molar-refractivity contribution in [1.82, 2.24) is 10.2 Å². The average molecular weight is 417 g/mol. The number of non-ortho nitro benzene ring substituents is 1. The van der Waals surface area contributed by atoms with E-state index in [1.807, 2.05) is 0 Å². The smallest absolute Gasteiger partial charge is 0.391 e. The largest absolute Gasteiger partial charge is 0.465 e. The van der Waals surface area contributed by atoms with Gasteiger partial charge in [0.1, 0.15) is 17.8 Å². The Morgan fingerprint density at radius 2 is 1.46 bits per heavy atom. The van der Waals surface area contributed by atoms with Crippen LogP contribution >= 0.6 is 7.67 Å². The molecule has 0 saturated carbocycles. The number of rotatable bonds is 11. The Balaban J connectivity index is 3.04. The molecule has 0 saturated heterocycles. The minimum Gasteiger partial charge on any atom is -0.465 e. The first kappa shape index (κ1) is 23.5. The quantitative estimate of drug-likeness (QED) is 0.238. The maximum absolute atomic E-state index is 13.2. The molecule has 0 spiro atoms. The zero-order chi connectivity index (χ0) is 21.3. The number of nitro benzene ring substituents is 1. The number of hydrogen-bond acceptors (Lipinski definition) is 8. The highest BCUT2D eigenvalue weighted by Gasteiger charge is 2.34. The van der Waals surface area contributed by atoms with Crippen molar-refractivity contribution in [1.29, 1.82) is 0 Å². The van der Waals surface area contributed by atoms with Gasteiger partial charge < -0.3 is 14.0 Å². The lowest BCUT2D eigenvalue weighted by molar-refractivity contribution is -0.384. The molecule has 0 aliphatic rings. The van der Waals surface area contributed by atoms with Crippen molar-refractivity contribution in [2.45, 2.75) is 39.8 Å². The second kappa shape index (κ2) is 10.7. The molecule has 0 amide bonds. The second-order valence-electron chi connectivity index (χ2n) is 5.60. The van der Waals surface area contributed by atoms with Crippen LogP contribution in [0.1, 0.15) is 27.7 Å². The zero-order valence-corrected chi connectivity index (χ0v) is 16.9. The fourth-order valence-corrected chi connectivity index (χ4v) is 3.85. The van der Waals surface area contributed by atoms with Gasteiger partial charge in [-0.3, -0.25) is 19.7 Å². The van der Waals surface area contributed by atoms with E-state index in [4.69, 9.17) is 14.0 Å². The van der Waals surface area contributed by atoms with Crippen LogP contribution in [0.25, 0.3) is 0 Å². The maximum atomic E-state index is 13.2. The number of ether oxygens (including phenoxy) is 2. The molecule has 11 nitrogen and oxygen atoms in total. The number of benzene rings is 1. The molecule has 0 aromatic heterocycles. The lowest BCUT2D eigenvalue weighted by atomic mass is 10.3. The molecule has 28 heavy (non-hydrogen) atoms. The van der Waals surface area contributed by atoms with Crippen LogP contribution in [0.15, 0.2) is 24.3 Å². The van der Waals surface area contributed by atoms with E-state index in [9.17, 15) is 24.3 Å². The van der Waals surface area contributed by atoms with E-state index in [-0.39, 0.29) is 24.7 Å². The number of carbonyl (C=O) groups is 2. The number of nitrogens with zero attached hydrogens (tertiary/aromatic N) is 1. The number of carbonyl (C=O) groups excluding carboxylic acids is 2. The van der Waals surface area contributed by atoms with Crippen molar-refractivity contribution in [2.75, 3.05) is 13.2 Å². The Morgan fingerprint density at radius 3 is 1.82 bits per heavy atom. The van der Waals surface area contributed by atoms with Gasteiger partial charge in [0.15, 0.2) is 0 Å². The molecule has 0 fully saturated rings.